The lowest BCUT2D eigenvalue weighted by molar-refractivity contribution is 0.0441. The minimum atomic E-state index is -0.646. The lowest BCUT2D eigenvalue weighted by Gasteiger charge is -2.25. The molecule has 2 aliphatic carbocycles. The molecule has 0 bridgehead atoms. The van der Waals surface area contributed by atoms with Crippen LogP contribution in [0.15, 0.2) is 30.3 Å². The lowest BCUT2D eigenvalue weighted by atomic mass is 9.87. The number of fused-ring (bicyclic) bond motifs is 1. The highest BCUT2D eigenvalue weighted by molar-refractivity contribution is 7.12. The van der Waals surface area contributed by atoms with E-state index in [2.05, 4.69) is 5.32 Å². The van der Waals surface area contributed by atoms with Crippen LogP contribution in [0, 0.1) is 18.7 Å². The predicted molar refractivity (Wildman–Crippen MR) is 103 cm³/mol. The van der Waals surface area contributed by atoms with Gasteiger partial charge in [0.2, 0.25) is 0 Å². The van der Waals surface area contributed by atoms with Crippen molar-refractivity contribution in [2.75, 3.05) is 6.54 Å². The third-order valence-electron chi connectivity index (χ3n) is 5.57. The average Bonchev–Trinajstić information content (AvgIpc) is 3.20. The number of rotatable bonds is 5. The van der Waals surface area contributed by atoms with E-state index in [0.29, 0.717) is 12.3 Å². The van der Waals surface area contributed by atoms with Gasteiger partial charge in [0, 0.05) is 33.8 Å². The zero-order chi connectivity index (χ0) is 19.0. The molecular formula is C21H24FNO3S. The number of hydrogen-bond donors (Lipinski definition) is 2. The number of ether oxygens (including phenoxy) is 1. The summed E-state index contributed by atoms with van der Waals surface area (Å²) in [5, 5.41) is 14.0. The molecule has 2 aliphatic rings. The van der Waals surface area contributed by atoms with Gasteiger partial charge in [-0.05, 0) is 62.9 Å². The highest BCUT2D eigenvalue weighted by Crippen LogP contribution is 2.32. The van der Waals surface area contributed by atoms with Crippen molar-refractivity contribution in [2.24, 2.45) is 5.92 Å². The highest BCUT2D eigenvalue weighted by Gasteiger charge is 2.37. The normalized spacial score (nSPS) is 27.6. The van der Waals surface area contributed by atoms with Gasteiger partial charge in [-0.25, -0.2) is 4.39 Å². The van der Waals surface area contributed by atoms with Crippen LogP contribution in [0.1, 0.15) is 39.4 Å². The Hall–Kier alpha value is -1.76. The fourth-order valence-electron chi connectivity index (χ4n) is 4.09. The molecule has 1 heterocycles. The summed E-state index contributed by atoms with van der Waals surface area (Å²) in [4.78, 5) is 15.1. The number of aliphatic hydroxyl groups is 1. The van der Waals surface area contributed by atoms with Crippen LogP contribution < -0.4 is 10.1 Å². The van der Waals surface area contributed by atoms with Gasteiger partial charge in [0.15, 0.2) is 5.78 Å². The SMILES string of the molecule is Cc1cc2c(s1)CCC(CNC1CCC(Oc3ccc(F)cc3)C1O)C2=O. The molecule has 4 atom stereocenters. The van der Waals surface area contributed by atoms with Gasteiger partial charge >= 0.3 is 0 Å². The lowest BCUT2D eigenvalue weighted by Crippen LogP contribution is -2.44. The van der Waals surface area contributed by atoms with Gasteiger partial charge in [0.1, 0.15) is 23.8 Å². The van der Waals surface area contributed by atoms with Crippen molar-refractivity contribution < 1.29 is 19.0 Å². The quantitative estimate of drug-likeness (QED) is 0.822. The van der Waals surface area contributed by atoms with E-state index in [1.807, 2.05) is 13.0 Å². The molecule has 4 rings (SSSR count). The van der Waals surface area contributed by atoms with Crippen LogP contribution in [0.2, 0.25) is 0 Å². The third kappa shape index (κ3) is 3.93. The Morgan fingerprint density at radius 1 is 1.26 bits per heavy atom. The summed E-state index contributed by atoms with van der Waals surface area (Å²) in [6.07, 6.45) is 2.36. The number of halogens is 1. The number of aliphatic hydroxyl groups excluding tert-OH is 1. The fourth-order valence-corrected chi connectivity index (χ4v) is 5.14. The topological polar surface area (TPSA) is 58.6 Å². The van der Waals surface area contributed by atoms with Crippen LogP contribution >= 0.6 is 11.3 Å². The predicted octanol–water partition coefficient (Wildman–Crippen LogP) is 3.50. The van der Waals surface area contributed by atoms with Crippen LogP contribution in [0.4, 0.5) is 4.39 Å². The molecule has 0 amide bonds. The van der Waals surface area contributed by atoms with Gasteiger partial charge in [-0.1, -0.05) is 0 Å². The number of hydrogen-bond acceptors (Lipinski definition) is 5. The van der Waals surface area contributed by atoms with Crippen molar-refractivity contribution in [1.29, 1.82) is 0 Å². The highest BCUT2D eigenvalue weighted by atomic mass is 32.1. The number of thiophene rings is 1. The van der Waals surface area contributed by atoms with Gasteiger partial charge in [-0.2, -0.15) is 0 Å². The largest absolute Gasteiger partial charge is 0.488 e. The molecule has 144 valence electrons. The average molecular weight is 389 g/mol. The van der Waals surface area contributed by atoms with Crippen molar-refractivity contribution in [3.05, 3.63) is 51.5 Å². The molecule has 1 fully saturated rings. The van der Waals surface area contributed by atoms with Crippen LogP contribution in [0.25, 0.3) is 0 Å². The van der Waals surface area contributed by atoms with Crippen molar-refractivity contribution in [1.82, 2.24) is 5.32 Å². The van der Waals surface area contributed by atoms with Crippen LogP contribution in [0.3, 0.4) is 0 Å². The van der Waals surface area contributed by atoms with E-state index >= 15 is 0 Å². The molecule has 1 aromatic heterocycles. The Morgan fingerprint density at radius 2 is 2.04 bits per heavy atom. The Balaban J connectivity index is 1.31. The molecule has 2 N–H and O–H groups in total. The van der Waals surface area contributed by atoms with E-state index in [-0.39, 0.29) is 29.7 Å². The summed E-state index contributed by atoms with van der Waals surface area (Å²) >= 11 is 1.72. The minimum Gasteiger partial charge on any atom is -0.488 e. The second-order valence-electron chi connectivity index (χ2n) is 7.49. The number of ketones is 1. The zero-order valence-corrected chi connectivity index (χ0v) is 16.1. The van der Waals surface area contributed by atoms with E-state index in [9.17, 15) is 14.3 Å². The van der Waals surface area contributed by atoms with Gasteiger partial charge in [0.05, 0.1) is 0 Å². The summed E-state index contributed by atoms with van der Waals surface area (Å²) in [5.41, 5.74) is 0.889. The van der Waals surface area contributed by atoms with E-state index in [4.69, 9.17) is 4.74 Å². The first-order valence-corrected chi connectivity index (χ1v) is 10.3. The van der Waals surface area contributed by atoms with Crippen LogP contribution in [-0.4, -0.2) is 35.7 Å². The Bertz CT molecular complexity index is 819. The second-order valence-corrected chi connectivity index (χ2v) is 8.83. The maximum absolute atomic E-state index is 13.0. The first kappa shape index (κ1) is 18.6. The van der Waals surface area contributed by atoms with Gasteiger partial charge in [-0.3, -0.25) is 4.79 Å². The zero-order valence-electron chi connectivity index (χ0n) is 15.3. The van der Waals surface area contributed by atoms with Crippen molar-refractivity contribution >= 4 is 17.1 Å². The standard InChI is InChI=1S/C21H24FNO3S/c1-12-10-16-19(27-12)9-2-13(20(16)24)11-23-17-7-8-18(21(17)25)26-15-5-3-14(22)4-6-15/h3-6,10,13,17-18,21,23,25H,2,7-9,11H2,1H3. The maximum atomic E-state index is 13.0. The molecule has 27 heavy (non-hydrogen) atoms. The monoisotopic (exact) mass is 389 g/mol. The van der Waals surface area contributed by atoms with E-state index < -0.39 is 6.10 Å². The molecular weight excluding hydrogens is 365 g/mol. The number of carbonyl (C=O) groups excluding carboxylic acids is 1. The smallest absolute Gasteiger partial charge is 0.168 e. The molecule has 0 spiro atoms. The molecule has 2 aromatic rings. The molecule has 1 saturated carbocycles. The fraction of sp³-hybridized carbons (Fsp3) is 0.476. The van der Waals surface area contributed by atoms with Gasteiger partial charge < -0.3 is 15.2 Å². The van der Waals surface area contributed by atoms with Crippen molar-refractivity contribution in [3.8, 4) is 5.75 Å². The number of Topliss-reactive ketones (excluding diaryl/α,β-unsaturated/α-hetero) is 1. The van der Waals surface area contributed by atoms with Crippen LogP contribution in [-0.2, 0) is 6.42 Å². The van der Waals surface area contributed by atoms with E-state index in [1.54, 1.807) is 23.5 Å². The molecule has 0 saturated heterocycles. The molecule has 0 aliphatic heterocycles. The summed E-state index contributed by atoms with van der Waals surface area (Å²) in [6, 6.07) is 7.76. The number of aryl methyl sites for hydroxylation is 2. The second kappa shape index (κ2) is 7.70. The van der Waals surface area contributed by atoms with Crippen molar-refractivity contribution in [2.45, 2.75) is 50.9 Å². The molecule has 4 unspecified atom stereocenters. The number of carbonyl (C=O) groups is 1. The summed E-state index contributed by atoms with van der Waals surface area (Å²) in [5.74, 6) is 0.439. The molecule has 0 radical (unpaired) electrons. The minimum absolute atomic E-state index is 0.0317. The number of benzene rings is 1. The summed E-state index contributed by atoms with van der Waals surface area (Å²) < 4.78 is 18.8. The first-order chi connectivity index (χ1) is 13.0. The maximum Gasteiger partial charge on any atom is 0.168 e. The first-order valence-electron chi connectivity index (χ1n) is 9.48. The molecule has 1 aromatic carbocycles. The number of nitrogens with one attached hydrogen (secondary N) is 1. The molecule has 4 nitrogen and oxygen atoms in total. The van der Waals surface area contributed by atoms with E-state index in [0.717, 1.165) is 31.2 Å². The van der Waals surface area contributed by atoms with E-state index in [1.165, 1.54) is 21.9 Å². The Labute approximate surface area is 162 Å². The van der Waals surface area contributed by atoms with Gasteiger partial charge in [0.25, 0.3) is 0 Å². The third-order valence-corrected chi connectivity index (χ3v) is 6.68. The van der Waals surface area contributed by atoms with Gasteiger partial charge in [-0.15, -0.1) is 11.3 Å². The molecule has 6 heteroatoms. The summed E-state index contributed by atoms with van der Waals surface area (Å²) in [6.45, 7) is 2.62. The Morgan fingerprint density at radius 3 is 2.81 bits per heavy atom. The summed E-state index contributed by atoms with van der Waals surface area (Å²) in [7, 11) is 0. The van der Waals surface area contributed by atoms with Crippen LogP contribution in [0.5, 0.6) is 5.75 Å². The van der Waals surface area contributed by atoms with Crippen molar-refractivity contribution in [3.63, 3.8) is 0 Å². The Kier molecular flexibility index (Phi) is 5.30.